The first-order chi connectivity index (χ1) is 10.1. The fourth-order valence-corrected chi connectivity index (χ4v) is 2.77. The molecule has 0 aromatic carbocycles. The molecule has 1 fully saturated rings. The molecule has 1 aromatic heterocycles. The van der Waals surface area contributed by atoms with Gasteiger partial charge in [-0.2, -0.15) is 0 Å². The molecule has 1 aliphatic carbocycles. The van der Waals surface area contributed by atoms with Crippen molar-refractivity contribution in [1.82, 2.24) is 9.88 Å². The standard InChI is InChI=1S/C16H25FN2O2/c1-12(16(21)15-7-6-13(17)10-18-15)11-19(8-3-9-20)14-4-2-5-14/h6-7,10,12,14,16,20-21H,2-5,8-9,11H2,1H3. The number of hydrogen-bond acceptors (Lipinski definition) is 4. The summed E-state index contributed by atoms with van der Waals surface area (Å²) in [4.78, 5) is 6.32. The SMILES string of the molecule is CC(CN(CCCO)C1CCC1)C(O)c1ccc(F)cn1. The van der Waals surface area contributed by atoms with Crippen LogP contribution in [0.5, 0.6) is 0 Å². The lowest BCUT2D eigenvalue weighted by atomic mass is 9.89. The second-order valence-corrected chi connectivity index (χ2v) is 5.98. The fraction of sp³-hybridized carbons (Fsp3) is 0.688. The van der Waals surface area contributed by atoms with E-state index in [2.05, 4.69) is 9.88 Å². The summed E-state index contributed by atoms with van der Waals surface area (Å²) in [5.41, 5.74) is 0.514. The van der Waals surface area contributed by atoms with E-state index in [0.717, 1.165) is 25.7 Å². The summed E-state index contributed by atoms with van der Waals surface area (Å²) in [5.74, 6) is -0.375. The van der Waals surface area contributed by atoms with Crippen LogP contribution in [0.4, 0.5) is 4.39 Å². The zero-order valence-electron chi connectivity index (χ0n) is 12.6. The molecule has 1 saturated carbocycles. The molecule has 0 bridgehead atoms. The van der Waals surface area contributed by atoms with E-state index in [0.29, 0.717) is 11.7 Å². The minimum atomic E-state index is -0.692. The lowest BCUT2D eigenvalue weighted by molar-refractivity contribution is 0.0480. The summed E-state index contributed by atoms with van der Waals surface area (Å²) in [7, 11) is 0. The Kier molecular flexibility index (Phi) is 6.08. The monoisotopic (exact) mass is 296 g/mol. The molecule has 0 saturated heterocycles. The van der Waals surface area contributed by atoms with Gasteiger partial charge >= 0.3 is 0 Å². The van der Waals surface area contributed by atoms with Crippen molar-refractivity contribution in [2.45, 2.75) is 44.8 Å². The number of hydrogen-bond donors (Lipinski definition) is 2. The normalized spacial score (nSPS) is 18.5. The van der Waals surface area contributed by atoms with Crippen LogP contribution in [-0.2, 0) is 0 Å². The van der Waals surface area contributed by atoms with E-state index >= 15 is 0 Å². The second kappa shape index (κ2) is 7.82. The van der Waals surface area contributed by atoms with E-state index in [1.807, 2.05) is 6.92 Å². The first kappa shape index (κ1) is 16.3. The van der Waals surface area contributed by atoms with E-state index in [-0.39, 0.29) is 12.5 Å². The van der Waals surface area contributed by atoms with Crippen LogP contribution in [0, 0.1) is 11.7 Å². The molecule has 21 heavy (non-hydrogen) atoms. The van der Waals surface area contributed by atoms with Gasteiger partial charge in [0.15, 0.2) is 0 Å². The van der Waals surface area contributed by atoms with Crippen molar-refractivity contribution in [3.8, 4) is 0 Å². The van der Waals surface area contributed by atoms with Gasteiger partial charge in [-0.05, 0) is 31.4 Å². The highest BCUT2D eigenvalue weighted by molar-refractivity contribution is 5.09. The van der Waals surface area contributed by atoms with Crippen LogP contribution in [-0.4, -0.2) is 45.8 Å². The first-order valence-electron chi connectivity index (χ1n) is 7.76. The topological polar surface area (TPSA) is 56.6 Å². The Morgan fingerprint density at radius 3 is 2.71 bits per heavy atom. The Hall–Kier alpha value is -1.04. The van der Waals surface area contributed by atoms with Crippen LogP contribution in [0.25, 0.3) is 0 Å². The minimum Gasteiger partial charge on any atom is -0.396 e. The highest BCUT2D eigenvalue weighted by atomic mass is 19.1. The van der Waals surface area contributed by atoms with E-state index in [1.54, 1.807) is 0 Å². The molecule has 5 heteroatoms. The molecule has 0 aliphatic heterocycles. The summed E-state index contributed by atoms with van der Waals surface area (Å²) in [6, 6.07) is 3.44. The highest BCUT2D eigenvalue weighted by Crippen LogP contribution is 2.28. The molecule has 2 unspecified atom stereocenters. The number of pyridine rings is 1. The van der Waals surface area contributed by atoms with Crippen LogP contribution in [0.3, 0.4) is 0 Å². The lowest BCUT2D eigenvalue weighted by Crippen LogP contribution is -2.44. The number of aromatic nitrogens is 1. The Balaban J connectivity index is 1.93. The molecule has 2 N–H and O–H groups in total. The van der Waals surface area contributed by atoms with Crippen molar-refractivity contribution < 1.29 is 14.6 Å². The van der Waals surface area contributed by atoms with Crippen molar-refractivity contribution in [2.24, 2.45) is 5.92 Å². The lowest BCUT2D eigenvalue weighted by Gasteiger charge is -2.39. The maximum Gasteiger partial charge on any atom is 0.141 e. The molecular weight excluding hydrogens is 271 g/mol. The van der Waals surface area contributed by atoms with Gasteiger partial charge in [-0.3, -0.25) is 9.88 Å². The van der Waals surface area contributed by atoms with Gasteiger partial charge in [0, 0.05) is 31.7 Å². The molecule has 1 heterocycles. The summed E-state index contributed by atoms with van der Waals surface area (Å²) in [6.07, 6.45) is 4.86. The van der Waals surface area contributed by atoms with Crippen molar-refractivity contribution in [1.29, 1.82) is 0 Å². The molecule has 1 aliphatic rings. The van der Waals surface area contributed by atoms with Crippen molar-refractivity contribution in [2.75, 3.05) is 19.7 Å². The van der Waals surface area contributed by atoms with Gasteiger partial charge in [-0.15, -0.1) is 0 Å². The molecule has 2 rings (SSSR count). The number of halogens is 1. The molecule has 118 valence electrons. The van der Waals surface area contributed by atoms with Gasteiger partial charge in [-0.25, -0.2) is 4.39 Å². The summed E-state index contributed by atoms with van der Waals surface area (Å²) >= 11 is 0. The number of aliphatic hydroxyl groups excluding tert-OH is 2. The average molecular weight is 296 g/mol. The van der Waals surface area contributed by atoms with E-state index in [1.165, 1.54) is 31.4 Å². The predicted octanol–water partition coefficient (Wildman–Crippen LogP) is 2.13. The van der Waals surface area contributed by atoms with Crippen molar-refractivity contribution in [3.05, 3.63) is 29.8 Å². The van der Waals surface area contributed by atoms with Crippen LogP contribution < -0.4 is 0 Å². The molecule has 2 atom stereocenters. The van der Waals surface area contributed by atoms with E-state index < -0.39 is 11.9 Å². The van der Waals surface area contributed by atoms with Gasteiger partial charge in [0.2, 0.25) is 0 Å². The van der Waals surface area contributed by atoms with Gasteiger partial charge in [0.05, 0.1) is 18.0 Å². The smallest absolute Gasteiger partial charge is 0.141 e. The van der Waals surface area contributed by atoms with Gasteiger partial charge in [-0.1, -0.05) is 13.3 Å². The van der Waals surface area contributed by atoms with Crippen LogP contribution in [0.2, 0.25) is 0 Å². The molecule has 0 amide bonds. The first-order valence-corrected chi connectivity index (χ1v) is 7.76. The third-order valence-corrected chi connectivity index (χ3v) is 4.31. The van der Waals surface area contributed by atoms with Crippen LogP contribution >= 0.6 is 0 Å². The average Bonchev–Trinajstić information content (AvgIpc) is 2.42. The number of nitrogens with zero attached hydrogens (tertiary/aromatic N) is 2. The van der Waals surface area contributed by atoms with Crippen molar-refractivity contribution >= 4 is 0 Å². The third kappa shape index (κ3) is 4.46. The van der Waals surface area contributed by atoms with E-state index in [4.69, 9.17) is 5.11 Å². The Morgan fingerprint density at radius 2 is 2.19 bits per heavy atom. The summed E-state index contributed by atoms with van der Waals surface area (Å²) < 4.78 is 12.9. The summed E-state index contributed by atoms with van der Waals surface area (Å²) in [6.45, 7) is 3.81. The Bertz CT molecular complexity index is 423. The maximum absolute atomic E-state index is 12.9. The molecule has 4 nitrogen and oxygen atoms in total. The fourth-order valence-electron chi connectivity index (χ4n) is 2.77. The number of rotatable bonds is 8. The molecule has 0 radical (unpaired) electrons. The quantitative estimate of drug-likeness (QED) is 0.771. The van der Waals surface area contributed by atoms with Crippen molar-refractivity contribution in [3.63, 3.8) is 0 Å². The molecule has 1 aromatic rings. The zero-order chi connectivity index (χ0) is 15.2. The number of aliphatic hydroxyl groups is 2. The predicted molar refractivity (Wildman–Crippen MR) is 79.2 cm³/mol. The van der Waals surface area contributed by atoms with Gasteiger partial charge < -0.3 is 10.2 Å². The minimum absolute atomic E-state index is 0.0160. The Labute approximate surface area is 125 Å². The maximum atomic E-state index is 12.9. The Morgan fingerprint density at radius 1 is 1.43 bits per heavy atom. The largest absolute Gasteiger partial charge is 0.396 e. The van der Waals surface area contributed by atoms with Crippen LogP contribution in [0.15, 0.2) is 18.3 Å². The zero-order valence-corrected chi connectivity index (χ0v) is 12.6. The third-order valence-electron chi connectivity index (χ3n) is 4.31. The molecular formula is C16H25FN2O2. The molecule has 0 spiro atoms. The van der Waals surface area contributed by atoms with Gasteiger partial charge in [0.1, 0.15) is 5.82 Å². The van der Waals surface area contributed by atoms with Crippen LogP contribution in [0.1, 0.15) is 44.4 Å². The summed E-state index contributed by atoms with van der Waals surface area (Å²) in [5, 5.41) is 19.4. The highest BCUT2D eigenvalue weighted by Gasteiger charge is 2.28. The second-order valence-electron chi connectivity index (χ2n) is 5.98. The van der Waals surface area contributed by atoms with Gasteiger partial charge in [0.25, 0.3) is 0 Å². The van der Waals surface area contributed by atoms with E-state index in [9.17, 15) is 9.50 Å².